The quantitative estimate of drug-likeness (QED) is 0.905. The van der Waals surface area contributed by atoms with Gasteiger partial charge in [-0.3, -0.25) is 9.82 Å². The summed E-state index contributed by atoms with van der Waals surface area (Å²) in [6, 6.07) is 7.43. The van der Waals surface area contributed by atoms with Crippen LogP contribution in [0.1, 0.15) is 11.3 Å². The first-order chi connectivity index (χ1) is 8.92. The van der Waals surface area contributed by atoms with Crippen molar-refractivity contribution < 1.29 is 8.42 Å². The van der Waals surface area contributed by atoms with E-state index in [1.165, 1.54) is 18.2 Å². The molecule has 0 saturated heterocycles. The Kier molecular flexibility index (Phi) is 3.46. The number of rotatable bonds is 3. The van der Waals surface area contributed by atoms with Crippen LogP contribution >= 0.6 is 11.6 Å². The number of hydrogen-bond donors (Lipinski definition) is 2. The Morgan fingerprint density at radius 1 is 1.42 bits per heavy atom. The molecule has 98 valence electrons. The fourth-order valence-corrected chi connectivity index (χ4v) is 2.96. The van der Waals surface area contributed by atoms with Gasteiger partial charge in [0.25, 0.3) is 10.0 Å². The number of aromatic amines is 1. The molecule has 2 aromatic rings. The Labute approximate surface area is 115 Å². The third-order valence-electron chi connectivity index (χ3n) is 2.29. The normalized spacial score (nSPS) is 11.0. The third-order valence-corrected chi connectivity index (χ3v) is 4.13. The van der Waals surface area contributed by atoms with Gasteiger partial charge in [-0.15, -0.1) is 0 Å². The molecule has 0 unspecified atom stereocenters. The average molecular weight is 297 g/mol. The van der Waals surface area contributed by atoms with Gasteiger partial charge in [0.2, 0.25) is 0 Å². The van der Waals surface area contributed by atoms with E-state index in [0.717, 1.165) is 5.69 Å². The molecule has 1 aromatic carbocycles. The molecule has 0 amide bonds. The Morgan fingerprint density at radius 2 is 2.16 bits per heavy atom. The monoisotopic (exact) mass is 296 g/mol. The molecule has 8 heteroatoms. The van der Waals surface area contributed by atoms with Crippen LogP contribution in [0.4, 0.5) is 5.82 Å². The third kappa shape index (κ3) is 2.86. The summed E-state index contributed by atoms with van der Waals surface area (Å²) in [5.74, 6) is 0.163. The first kappa shape index (κ1) is 13.4. The van der Waals surface area contributed by atoms with Crippen LogP contribution in [0.25, 0.3) is 0 Å². The molecule has 0 atom stereocenters. The molecule has 0 saturated carbocycles. The zero-order valence-corrected chi connectivity index (χ0v) is 11.4. The van der Waals surface area contributed by atoms with Gasteiger partial charge in [0.15, 0.2) is 5.82 Å². The Hall–Kier alpha value is -2.04. The highest BCUT2D eigenvalue weighted by Crippen LogP contribution is 2.24. The fraction of sp³-hybridized carbons (Fsp3) is 0.0909. The van der Waals surface area contributed by atoms with Crippen molar-refractivity contribution in [3.05, 3.63) is 40.5 Å². The van der Waals surface area contributed by atoms with Gasteiger partial charge in [0.1, 0.15) is 4.90 Å². The highest BCUT2D eigenvalue weighted by atomic mass is 35.5. The zero-order valence-electron chi connectivity index (χ0n) is 9.81. The Bertz CT molecular complexity index is 761. The largest absolute Gasteiger partial charge is 0.281 e. The number of nitrogens with zero attached hydrogens (tertiary/aromatic N) is 2. The summed E-state index contributed by atoms with van der Waals surface area (Å²) in [6.07, 6.45) is 0. The lowest BCUT2D eigenvalue weighted by Crippen LogP contribution is -2.14. The van der Waals surface area contributed by atoms with Crippen LogP contribution in [0.2, 0.25) is 5.02 Å². The molecule has 0 bridgehead atoms. The number of benzene rings is 1. The lowest BCUT2D eigenvalue weighted by atomic mass is 10.2. The second-order valence-corrected chi connectivity index (χ2v) is 5.86. The van der Waals surface area contributed by atoms with Crippen LogP contribution < -0.4 is 4.72 Å². The van der Waals surface area contributed by atoms with Gasteiger partial charge in [-0.2, -0.15) is 10.4 Å². The van der Waals surface area contributed by atoms with Gasteiger partial charge >= 0.3 is 0 Å². The van der Waals surface area contributed by atoms with Crippen molar-refractivity contribution in [3.63, 3.8) is 0 Å². The van der Waals surface area contributed by atoms with E-state index in [9.17, 15) is 8.42 Å². The highest BCUT2D eigenvalue weighted by molar-refractivity contribution is 7.92. The molecule has 19 heavy (non-hydrogen) atoms. The maximum atomic E-state index is 12.1. The van der Waals surface area contributed by atoms with E-state index in [0.29, 0.717) is 0 Å². The molecule has 0 radical (unpaired) electrons. The van der Waals surface area contributed by atoms with E-state index >= 15 is 0 Å². The van der Waals surface area contributed by atoms with Crippen LogP contribution in [0.3, 0.4) is 0 Å². The molecule has 0 fully saturated rings. The summed E-state index contributed by atoms with van der Waals surface area (Å²) >= 11 is 5.85. The van der Waals surface area contributed by atoms with E-state index in [4.69, 9.17) is 16.9 Å². The van der Waals surface area contributed by atoms with Gasteiger partial charge in [-0.05, 0) is 25.1 Å². The summed E-state index contributed by atoms with van der Waals surface area (Å²) in [5, 5.41) is 15.2. The number of hydrogen-bond acceptors (Lipinski definition) is 4. The maximum absolute atomic E-state index is 12.1. The molecule has 2 N–H and O–H groups in total. The number of aromatic nitrogens is 2. The predicted octanol–water partition coefficient (Wildman–Crippen LogP) is 2.04. The molecule has 0 spiro atoms. The van der Waals surface area contributed by atoms with Crippen LogP contribution in [0.5, 0.6) is 0 Å². The standard InChI is InChI=1S/C11H9ClN4O2S/c1-7-4-11(15-14-7)16-19(17,18)10-5-8(6-13)2-3-9(10)12/h2-5H,1H3,(H2,14,15,16). The second-order valence-electron chi connectivity index (χ2n) is 3.80. The lowest BCUT2D eigenvalue weighted by molar-refractivity contribution is 0.601. The average Bonchev–Trinajstić information content (AvgIpc) is 2.74. The van der Waals surface area contributed by atoms with E-state index in [-0.39, 0.29) is 21.3 Å². The van der Waals surface area contributed by atoms with Crippen molar-refractivity contribution in [2.45, 2.75) is 11.8 Å². The van der Waals surface area contributed by atoms with Crippen molar-refractivity contribution in [2.24, 2.45) is 0 Å². The molecule has 1 aromatic heterocycles. The van der Waals surface area contributed by atoms with Crippen molar-refractivity contribution in [2.75, 3.05) is 4.72 Å². The Morgan fingerprint density at radius 3 is 2.74 bits per heavy atom. The van der Waals surface area contributed by atoms with E-state index < -0.39 is 10.0 Å². The molecule has 0 aliphatic rings. The first-order valence-electron chi connectivity index (χ1n) is 5.17. The summed E-state index contributed by atoms with van der Waals surface area (Å²) in [4.78, 5) is -0.158. The van der Waals surface area contributed by atoms with Crippen LogP contribution in [0, 0.1) is 18.3 Å². The van der Waals surface area contributed by atoms with E-state index in [1.807, 2.05) is 6.07 Å². The molecule has 2 rings (SSSR count). The molecule has 1 heterocycles. The van der Waals surface area contributed by atoms with Gasteiger partial charge in [0.05, 0.1) is 16.7 Å². The lowest BCUT2D eigenvalue weighted by Gasteiger charge is -2.07. The molecule has 0 aliphatic heterocycles. The molecular weight excluding hydrogens is 288 g/mol. The first-order valence-corrected chi connectivity index (χ1v) is 7.03. The molecule has 6 nitrogen and oxygen atoms in total. The van der Waals surface area contributed by atoms with Gasteiger partial charge in [-0.25, -0.2) is 8.42 Å². The van der Waals surface area contributed by atoms with Crippen LogP contribution in [-0.2, 0) is 10.0 Å². The second kappa shape index (κ2) is 4.91. The van der Waals surface area contributed by atoms with Gasteiger partial charge in [-0.1, -0.05) is 11.6 Å². The minimum absolute atomic E-state index is 0.0405. The number of sulfonamides is 1. The zero-order chi connectivity index (χ0) is 14.0. The summed E-state index contributed by atoms with van der Waals surface area (Å²) < 4.78 is 26.6. The molecular formula is C11H9ClN4O2S. The highest BCUT2D eigenvalue weighted by Gasteiger charge is 2.19. The van der Waals surface area contributed by atoms with Gasteiger partial charge < -0.3 is 0 Å². The number of halogens is 1. The number of anilines is 1. The van der Waals surface area contributed by atoms with Crippen LogP contribution in [0.15, 0.2) is 29.2 Å². The predicted molar refractivity (Wildman–Crippen MR) is 70.3 cm³/mol. The number of nitriles is 1. The van der Waals surface area contributed by atoms with Crippen molar-refractivity contribution >= 4 is 27.4 Å². The fourth-order valence-electron chi connectivity index (χ4n) is 1.44. The maximum Gasteiger partial charge on any atom is 0.264 e. The summed E-state index contributed by atoms with van der Waals surface area (Å²) in [5.41, 5.74) is 0.928. The molecule has 0 aliphatic carbocycles. The smallest absolute Gasteiger partial charge is 0.264 e. The minimum Gasteiger partial charge on any atom is -0.281 e. The van der Waals surface area contributed by atoms with Gasteiger partial charge in [0, 0.05) is 11.8 Å². The summed E-state index contributed by atoms with van der Waals surface area (Å²) in [6.45, 7) is 1.74. The SMILES string of the molecule is Cc1cc(NS(=O)(=O)c2cc(C#N)ccc2Cl)n[nH]1. The number of aryl methyl sites for hydroxylation is 1. The topological polar surface area (TPSA) is 98.6 Å². The summed E-state index contributed by atoms with van der Waals surface area (Å²) in [7, 11) is -3.88. The van der Waals surface area contributed by atoms with Crippen molar-refractivity contribution in [1.82, 2.24) is 10.2 Å². The van der Waals surface area contributed by atoms with Crippen LogP contribution in [-0.4, -0.2) is 18.6 Å². The number of H-pyrrole nitrogens is 1. The van der Waals surface area contributed by atoms with Crippen molar-refractivity contribution in [3.8, 4) is 6.07 Å². The minimum atomic E-state index is -3.88. The Balaban J connectivity index is 2.42. The number of nitrogens with one attached hydrogen (secondary N) is 2. The van der Waals surface area contributed by atoms with E-state index in [2.05, 4.69) is 14.9 Å². The van der Waals surface area contributed by atoms with E-state index in [1.54, 1.807) is 13.0 Å². The van der Waals surface area contributed by atoms with Crippen molar-refractivity contribution in [1.29, 1.82) is 5.26 Å².